The lowest BCUT2D eigenvalue weighted by molar-refractivity contribution is 1.42. The molecule has 0 aliphatic carbocycles. The second kappa shape index (κ2) is 3.26. The first-order valence-electron chi connectivity index (χ1n) is 5.34. The molecule has 0 saturated carbocycles. The molecule has 1 N–H and O–H groups in total. The number of aromatic amines is 1. The highest BCUT2D eigenvalue weighted by molar-refractivity contribution is 6.36. The number of halogens is 1. The molecule has 0 amide bonds. The number of rotatable bonds is 0. The normalized spacial score (nSPS) is 11.4. The van der Waals surface area contributed by atoms with E-state index < -0.39 is 0 Å². The molecule has 0 radical (unpaired) electrons. The Morgan fingerprint density at radius 3 is 2.50 bits per heavy atom. The molecule has 1 heterocycles. The number of H-pyrrole nitrogens is 1. The second-order valence-corrected chi connectivity index (χ2v) is 4.64. The molecule has 1 aromatic heterocycles. The van der Waals surface area contributed by atoms with Crippen molar-refractivity contribution in [2.45, 2.75) is 13.8 Å². The molecule has 0 aliphatic rings. The highest BCUT2D eigenvalue weighted by Gasteiger charge is 2.10. The fourth-order valence-electron chi connectivity index (χ4n) is 2.30. The SMILES string of the molecule is Cc1ccc(C)c2c1[nH]c1c(Cl)cccc12. The Kier molecular flexibility index (Phi) is 1.98. The molecule has 3 rings (SSSR count). The molecule has 2 aromatic carbocycles. The van der Waals surface area contributed by atoms with Crippen molar-refractivity contribution in [1.82, 2.24) is 4.98 Å². The number of benzene rings is 2. The first kappa shape index (κ1) is 9.73. The Labute approximate surface area is 99.0 Å². The predicted molar refractivity (Wildman–Crippen MR) is 70.3 cm³/mol. The summed E-state index contributed by atoms with van der Waals surface area (Å²) < 4.78 is 0. The van der Waals surface area contributed by atoms with Crippen LogP contribution in [0.1, 0.15) is 11.1 Å². The fraction of sp³-hybridized carbons (Fsp3) is 0.143. The van der Waals surface area contributed by atoms with E-state index in [0.29, 0.717) is 0 Å². The van der Waals surface area contributed by atoms with Gasteiger partial charge in [-0.25, -0.2) is 0 Å². The van der Waals surface area contributed by atoms with E-state index in [4.69, 9.17) is 11.6 Å². The van der Waals surface area contributed by atoms with Crippen molar-refractivity contribution < 1.29 is 0 Å². The molecule has 0 bridgehead atoms. The van der Waals surface area contributed by atoms with Gasteiger partial charge < -0.3 is 4.98 Å². The molecule has 0 fully saturated rings. The van der Waals surface area contributed by atoms with Crippen molar-refractivity contribution in [2.24, 2.45) is 0 Å². The zero-order valence-electron chi connectivity index (χ0n) is 9.26. The molecule has 0 saturated heterocycles. The van der Waals surface area contributed by atoms with E-state index >= 15 is 0 Å². The highest BCUT2D eigenvalue weighted by atomic mass is 35.5. The Balaban J connectivity index is 2.66. The molecule has 3 aromatic rings. The van der Waals surface area contributed by atoms with Crippen molar-refractivity contribution in [1.29, 1.82) is 0 Å². The van der Waals surface area contributed by atoms with Crippen LogP contribution in [0.5, 0.6) is 0 Å². The summed E-state index contributed by atoms with van der Waals surface area (Å²) >= 11 is 6.20. The van der Waals surface area contributed by atoms with Crippen LogP contribution in [0.2, 0.25) is 5.02 Å². The maximum absolute atomic E-state index is 6.20. The van der Waals surface area contributed by atoms with E-state index in [9.17, 15) is 0 Å². The molecule has 0 spiro atoms. The topological polar surface area (TPSA) is 15.8 Å². The standard InChI is InChI=1S/C14H12ClN/c1-8-6-7-9(2)13-12(8)10-4-3-5-11(15)14(10)16-13/h3-7,16H,1-2H3. The van der Waals surface area contributed by atoms with Crippen molar-refractivity contribution in [3.63, 3.8) is 0 Å². The minimum Gasteiger partial charge on any atom is -0.353 e. The summed E-state index contributed by atoms with van der Waals surface area (Å²) in [6, 6.07) is 10.3. The average Bonchev–Trinajstić information content (AvgIpc) is 2.66. The third kappa shape index (κ3) is 1.18. The molecular formula is C14H12ClN. The van der Waals surface area contributed by atoms with Crippen LogP contribution in [-0.2, 0) is 0 Å². The summed E-state index contributed by atoms with van der Waals surface area (Å²) in [4.78, 5) is 3.42. The molecular weight excluding hydrogens is 218 g/mol. The summed E-state index contributed by atoms with van der Waals surface area (Å²) in [7, 11) is 0. The zero-order valence-corrected chi connectivity index (χ0v) is 10.0. The lowest BCUT2D eigenvalue weighted by atomic mass is 10.0. The summed E-state index contributed by atoms with van der Waals surface area (Å²) in [6.07, 6.45) is 0. The van der Waals surface area contributed by atoms with Crippen LogP contribution in [-0.4, -0.2) is 4.98 Å². The van der Waals surface area contributed by atoms with Gasteiger partial charge in [0.15, 0.2) is 0 Å². The largest absolute Gasteiger partial charge is 0.353 e. The van der Waals surface area contributed by atoms with Gasteiger partial charge in [-0.15, -0.1) is 0 Å². The van der Waals surface area contributed by atoms with E-state index in [1.54, 1.807) is 0 Å². The van der Waals surface area contributed by atoms with Crippen LogP contribution < -0.4 is 0 Å². The number of aryl methyl sites for hydroxylation is 2. The Morgan fingerprint density at radius 1 is 0.938 bits per heavy atom. The number of aromatic nitrogens is 1. The number of fused-ring (bicyclic) bond motifs is 3. The van der Waals surface area contributed by atoms with Gasteiger partial charge in [-0.1, -0.05) is 35.9 Å². The molecule has 1 nitrogen and oxygen atoms in total. The minimum atomic E-state index is 0.785. The van der Waals surface area contributed by atoms with Gasteiger partial charge in [-0.3, -0.25) is 0 Å². The maximum atomic E-state index is 6.20. The molecule has 2 heteroatoms. The first-order valence-corrected chi connectivity index (χ1v) is 5.72. The average molecular weight is 230 g/mol. The van der Waals surface area contributed by atoms with E-state index in [1.165, 1.54) is 27.4 Å². The molecule has 0 aliphatic heterocycles. The number of hydrogen-bond acceptors (Lipinski definition) is 0. The summed E-state index contributed by atoms with van der Waals surface area (Å²) in [5.41, 5.74) is 4.78. The van der Waals surface area contributed by atoms with E-state index in [-0.39, 0.29) is 0 Å². The maximum Gasteiger partial charge on any atom is 0.0654 e. The van der Waals surface area contributed by atoms with E-state index in [1.807, 2.05) is 12.1 Å². The summed E-state index contributed by atoms with van der Waals surface area (Å²) in [5.74, 6) is 0. The lowest BCUT2D eigenvalue weighted by Crippen LogP contribution is -1.79. The highest BCUT2D eigenvalue weighted by Crippen LogP contribution is 2.33. The second-order valence-electron chi connectivity index (χ2n) is 4.24. The van der Waals surface area contributed by atoms with Gasteiger partial charge >= 0.3 is 0 Å². The predicted octanol–water partition coefficient (Wildman–Crippen LogP) is 4.59. The van der Waals surface area contributed by atoms with Gasteiger partial charge in [0.1, 0.15) is 0 Å². The van der Waals surface area contributed by atoms with Gasteiger partial charge in [0.2, 0.25) is 0 Å². The van der Waals surface area contributed by atoms with Crippen LogP contribution in [0, 0.1) is 13.8 Å². The van der Waals surface area contributed by atoms with Gasteiger partial charge in [0.25, 0.3) is 0 Å². The Morgan fingerprint density at radius 2 is 1.69 bits per heavy atom. The van der Waals surface area contributed by atoms with Crippen LogP contribution >= 0.6 is 11.6 Å². The van der Waals surface area contributed by atoms with Crippen molar-refractivity contribution in [2.75, 3.05) is 0 Å². The first-order chi connectivity index (χ1) is 7.68. The quantitative estimate of drug-likeness (QED) is 0.580. The van der Waals surface area contributed by atoms with Gasteiger partial charge in [-0.05, 0) is 31.0 Å². The smallest absolute Gasteiger partial charge is 0.0654 e. The van der Waals surface area contributed by atoms with Gasteiger partial charge in [-0.2, -0.15) is 0 Å². The fourth-order valence-corrected chi connectivity index (χ4v) is 2.53. The monoisotopic (exact) mass is 229 g/mol. The Bertz CT molecular complexity index is 695. The van der Waals surface area contributed by atoms with Crippen molar-refractivity contribution in [3.05, 3.63) is 46.5 Å². The van der Waals surface area contributed by atoms with Crippen LogP contribution in [0.4, 0.5) is 0 Å². The molecule has 16 heavy (non-hydrogen) atoms. The Hall–Kier alpha value is -1.47. The number of para-hydroxylation sites is 1. The van der Waals surface area contributed by atoms with Crippen molar-refractivity contribution >= 4 is 33.4 Å². The van der Waals surface area contributed by atoms with Crippen LogP contribution in [0.15, 0.2) is 30.3 Å². The van der Waals surface area contributed by atoms with Crippen LogP contribution in [0.3, 0.4) is 0 Å². The molecule has 80 valence electrons. The van der Waals surface area contributed by atoms with Crippen molar-refractivity contribution in [3.8, 4) is 0 Å². The third-order valence-electron chi connectivity index (χ3n) is 3.15. The van der Waals surface area contributed by atoms with Crippen LogP contribution in [0.25, 0.3) is 21.8 Å². The van der Waals surface area contributed by atoms with E-state index in [2.05, 4.69) is 37.0 Å². The van der Waals surface area contributed by atoms with E-state index in [0.717, 1.165) is 10.5 Å². The molecule has 0 atom stereocenters. The lowest BCUT2D eigenvalue weighted by Gasteiger charge is -1.99. The zero-order chi connectivity index (χ0) is 11.3. The number of hydrogen-bond donors (Lipinski definition) is 1. The molecule has 0 unspecified atom stereocenters. The summed E-state index contributed by atoms with van der Waals surface area (Å²) in [6.45, 7) is 4.25. The number of nitrogens with one attached hydrogen (secondary N) is 1. The van der Waals surface area contributed by atoms with Gasteiger partial charge in [0, 0.05) is 16.3 Å². The van der Waals surface area contributed by atoms with Gasteiger partial charge in [0.05, 0.1) is 10.5 Å². The third-order valence-corrected chi connectivity index (χ3v) is 3.47. The summed E-state index contributed by atoms with van der Waals surface area (Å²) in [5, 5.41) is 3.29. The minimum absolute atomic E-state index is 0.785.